The maximum absolute atomic E-state index is 12.7. The molecule has 1 aromatic heterocycles. The van der Waals surface area contributed by atoms with Gasteiger partial charge in [-0.1, -0.05) is 36.4 Å². The maximum Gasteiger partial charge on any atom is 0.416 e. The van der Waals surface area contributed by atoms with Crippen molar-refractivity contribution >= 4 is 35.0 Å². The highest BCUT2D eigenvalue weighted by Gasteiger charge is 2.30. The first-order chi connectivity index (χ1) is 10.8. The van der Waals surface area contributed by atoms with Crippen molar-refractivity contribution in [1.82, 2.24) is 9.97 Å². The molecule has 0 unspecified atom stereocenters. The zero-order chi connectivity index (χ0) is 17.0. The molecule has 9 heteroatoms. The number of alkyl halides is 3. The molecule has 23 heavy (non-hydrogen) atoms. The van der Waals surface area contributed by atoms with Crippen molar-refractivity contribution in [3.8, 4) is 0 Å². The van der Waals surface area contributed by atoms with Crippen molar-refractivity contribution in [2.45, 2.75) is 18.3 Å². The first-order valence-electron chi connectivity index (χ1n) is 6.45. The van der Waals surface area contributed by atoms with Crippen LogP contribution in [0, 0.1) is 0 Å². The molecular weight excluding hydrogens is 351 g/mol. The Morgan fingerprint density at radius 2 is 2.13 bits per heavy atom. The first-order valence-corrected chi connectivity index (χ1v) is 7.81. The summed E-state index contributed by atoms with van der Waals surface area (Å²) >= 11 is 7.20. The number of benzene rings is 1. The normalized spacial score (nSPS) is 11.3. The molecule has 0 atom stereocenters. The lowest BCUT2D eigenvalue weighted by Crippen LogP contribution is -2.16. The van der Waals surface area contributed by atoms with Gasteiger partial charge in [0.05, 0.1) is 16.8 Å². The van der Waals surface area contributed by atoms with Crippen LogP contribution in [0.15, 0.2) is 35.6 Å². The highest BCUT2D eigenvalue weighted by atomic mass is 35.5. The predicted octanol–water partition coefficient (Wildman–Crippen LogP) is 4.51. The van der Waals surface area contributed by atoms with E-state index in [2.05, 4.69) is 15.3 Å². The topological polar surface area (TPSA) is 54.9 Å². The van der Waals surface area contributed by atoms with Crippen molar-refractivity contribution in [3.05, 3.63) is 46.7 Å². The molecule has 2 aromatic rings. The molecule has 1 amide bonds. The zero-order valence-electron chi connectivity index (χ0n) is 11.8. The molecule has 0 bridgehead atoms. The summed E-state index contributed by atoms with van der Waals surface area (Å²) in [4.78, 5) is 20.1. The van der Waals surface area contributed by atoms with Crippen molar-refractivity contribution in [2.24, 2.45) is 0 Å². The number of amides is 1. The summed E-state index contributed by atoms with van der Waals surface area (Å²) in [5, 5.41) is 2.75. The fourth-order valence-corrected chi connectivity index (χ4v) is 2.39. The molecule has 1 aromatic carbocycles. The molecule has 4 nitrogen and oxygen atoms in total. The SMILES string of the molecule is CCSc1ncc(Cl)c(C(=O)Nc2cccc(C(F)(F)F)c2)n1. The lowest BCUT2D eigenvalue weighted by atomic mass is 10.2. The van der Waals surface area contributed by atoms with Gasteiger partial charge in [0.15, 0.2) is 10.9 Å². The van der Waals surface area contributed by atoms with Gasteiger partial charge < -0.3 is 5.32 Å². The van der Waals surface area contributed by atoms with E-state index in [1.54, 1.807) is 0 Å². The van der Waals surface area contributed by atoms with Crippen LogP contribution in [0.5, 0.6) is 0 Å². The number of nitrogens with one attached hydrogen (secondary N) is 1. The van der Waals surface area contributed by atoms with Gasteiger partial charge in [-0.05, 0) is 24.0 Å². The Morgan fingerprint density at radius 3 is 2.78 bits per heavy atom. The molecule has 1 N–H and O–H groups in total. The van der Waals surface area contributed by atoms with Crippen LogP contribution < -0.4 is 5.32 Å². The second-order valence-corrected chi connectivity index (χ2v) is 5.95. The van der Waals surface area contributed by atoms with Gasteiger partial charge in [0.1, 0.15) is 0 Å². The number of carbonyl (C=O) groups excluding carboxylic acids is 1. The molecule has 0 aliphatic rings. The van der Waals surface area contributed by atoms with Crippen molar-refractivity contribution < 1.29 is 18.0 Å². The van der Waals surface area contributed by atoms with E-state index in [0.717, 1.165) is 12.1 Å². The Labute approximate surface area is 139 Å². The van der Waals surface area contributed by atoms with Gasteiger partial charge in [0, 0.05) is 5.69 Å². The van der Waals surface area contributed by atoms with Crippen LogP contribution in [0.3, 0.4) is 0 Å². The molecule has 122 valence electrons. The summed E-state index contributed by atoms with van der Waals surface area (Å²) < 4.78 is 38.0. The maximum atomic E-state index is 12.7. The van der Waals surface area contributed by atoms with E-state index in [1.165, 1.54) is 30.1 Å². The lowest BCUT2D eigenvalue weighted by Gasteiger charge is -2.10. The molecule has 1 heterocycles. The largest absolute Gasteiger partial charge is 0.416 e. The van der Waals surface area contributed by atoms with Crippen LogP contribution in [0.25, 0.3) is 0 Å². The second kappa shape index (κ2) is 7.18. The fourth-order valence-electron chi connectivity index (χ4n) is 1.67. The minimum atomic E-state index is -4.49. The minimum absolute atomic E-state index is 0.00389. The third-order valence-electron chi connectivity index (χ3n) is 2.66. The Morgan fingerprint density at radius 1 is 1.39 bits per heavy atom. The first kappa shape index (κ1) is 17.6. The quantitative estimate of drug-likeness (QED) is 0.643. The molecule has 0 aliphatic carbocycles. The number of carbonyl (C=O) groups is 1. The Bertz CT molecular complexity index is 725. The van der Waals surface area contributed by atoms with E-state index in [-0.39, 0.29) is 16.4 Å². The number of anilines is 1. The van der Waals surface area contributed by atoms with Crippen molar-refractivity contribution in [3.63, 3.8) is 0 Å². The highest BCUT2D eigenvalue weighted by molar-refractivity contribution is 7.99. The van der Waals surface area contributed by atoms with E-state index in [0.29, 0.717) is 10.9 Å². The highest BCUT2D eigenvalue weighted by Crippen LogP contribution is 2.30. The van der Waals surface area contributed by atoms with Crippen LogP contribution in [0.4, 0.5) is 18.9 Å². The number of nitrogens with zero attached hydrogens (tertiary/aromatic N) is 2. The summed E-state index contributed by atoms with van der Waals surface area (Å²) in [6, 6.07) is 4.32. The van der Waals surface area contributed by atoms with Crippen molar-refractivity contribution in [1.29, 1.82) is 0 Å². The monoisotopic (exact) mass is 361 g/mol. The van der Waals surface area contributed by atoms with Crippen molar-refractivity contribution in [2.75, 3.05) is 11.1 Å². The number of hydrogen-bond acceptors (Lipinski definition) is 4. The molecule has 0 saturated carbocycles. The van der Waals surface area contributed by atoms with E-state index in [1.807, 2.05) is 6.92 Å². The summed E-state index contributed by atoms with van der Waals surface area (Å²) in [6.45, 7) is 1.89. The smallest absolute Gasteiger partial charge is 0.321 e. The zero-order valence-corrected chi connectivity index (χ0v) is 13.4. The van der Waals surface area contributed by atoms with Gasteiger partial charge in [0.25, 0.3) is 5.91 Å². The fraction of sp³-hybridized carbons (Fsp3) is 0.214. The summed E-state index contributed by atoms with van der Waals surface area (Å²) in [7, 11) is 0. The summed E-state index contributed by atoms with van der Waals surface area (Å²) in [5.41, 5.74) is -0.939. The summed E-state index contributed by atoms with van der Waals surface area (Å²) in [6.07, 6.45) is -3.20. The number of aromatic nitrogens is 2. The Kier molecular flexibility index (Phi) is 5.48. The molecule has 0 spiro atoms. The third-order valence-corrected chi connectivity index (χ3v) is 3.68. The van der Waals surface area contributed by atoms with Gasteiger partial charge >= 0.3 is 6.18 Å². The molecule has 0 saturated heterocycles. The second-order valence-electron chi connectivity index (χ2n) is 4.31. The average Bonchev–Trinajstić information content (AvgIpc) is 2.49. The number of rotatable bonds is 4. The van der Waals surface area contributed by atoms with Crippen LogP contribution in [-0.4, -0.2) is 21.6 Å². The van der Waals surface area contributed by atoms with Gasteiger partial charge in [0.2, 0.25) is 0 Å². The standard InChI is InChI=1S/C14H11ClF3N3OS/c1-2-23-13-19-7-10(15)11(21-13)12(22)20-9-5-3-4-8(6-9)14(16,17)18/h3-7H,2H2,1H3,(H,20,22). The minimum Gasteiger partial charge on any atom is -0.321 e. The van der Waals surface area contributed by atoms with Gasteiger partial charge in [-0.15, -0.1) is 0 Å². The Balaban J connectivity index is 2.24. The summed E-state index contributed by atoms with van der Waals surface area (Å²) in [5.74, 6) is 0.00531. The lowest BCUT2D eigenvalue weighted by molar-refractivity contribution is -0.137. The molecular formula is C14H11ClF3N3OS. The average molecular weight is 362 g/mol. The van der Waals surface area contributed by atoms with Gasteiger partial charge in [-0.25, -0.2) is 9.97 Å². The molecule has 0 fully saturated rings. The molecule has 0 radical (unpaired) electrons. The van der Waals surface area contributed by atoms with Crippen LogP contribution >= 0.6 is 23.4 Å². The molecule has 2 rings (SSSR count). The van der Waals surface area contributed by atoms with Crippen LogP contribution in [0.2, 0.25) is 5.02 Å². The van der Waals surface area contributed by atoms with E-state index < -0.39 is 17.6 Å². The van der Waals surface area contributed by atoms with E-state index >= 15 is 0 Å². The number of thioether (sulfide) groups is 1. The van der Waals surface area contributed by atoms with E-state index in [4.69, 9.17) is 11.6 Å². The number of halogens is 4. The van der Waals surface area contributed by atoms with Gasteiger partial charge in [-0.2, -0.15) is 13.2 Å². The van der Waals surface area contributed by atoms with Gasteiger partial charge in [-0.3, -0.25) is 4.79 Å². The number of hydrogen-bond donors (Lipinski definition) is 1. The van der Waals surface area contributed by atoms with Crippen LogP contribution in [-0.2, 0) is 6.18 Å². The molecule has 0 aliphatic heterocycles. The third kappa shape index (κ3) is 4.59. The van der Waals surface area contributed by atoms with Crippen LogP contribution in [0.1, 0.15) is 23.0 Å². The van der Waals surface area contributed by atoms with E-state index in [9.17, 15) is 18.0 Å². The Hall–Kier alpha value is -1.80. The predicted molar refractivity (Wildman–Crippen MR) is 82.8 cm³/mol.